The maximum Gasteiger partial charge on any atom is 0.417 e. The summed E-state index contributed by atoms with van der Waals surface area (Å²) < 4.78 is 267. The standard InChI is InChI=1S/C55H25F18N3/c56-50(57,58)30-14-18-32(40(24-30)54(68,69)70)28-12-16-36-34-6-1-3-10-42(34)75(44(36)22-28)46-20-27(26-74)21-47(49(46)48-38(52(62,63)64)8-5-9-39(48)53(65,66)67)76-43-11-4-2-7-35(43)37-17-13-29(23-45(37)76)33-19-15-31(51(59,60)61)25-41(33)55(71,72)73/h1-25H. The summed E-state index contributed by atoms with van der Waals surface area (Å²) in [4.78, 5) is 0. The number of hydrogen-bond donors (Lipinski definition) is 0. The van der Waals surface area contributed by atoms with E-state index in [1.54, 1.807) is 0 Å². The summed E-state index contributed by atoms with van der Waals surface area (Å²) in [5, 5.41) is 11.3. The number of fused-ring (bicyclic) bond motifs is 6. The minimum Gasteiger partial charge on any atom is -0.308 e. The normalized spacial score (nSPS) is 13.1. The maximum atomic E-state index is 15.6. The van der Waals surface area contributed by atoms with E-state index in [9.17, 15) is 57.9 Å². The first-order valence-electron chi connectivity index (χ1n) is 22.0. The van der Waals surface area contributed by atoms with Crippen LogP contribution in [0, 0.1) is 11.3 Å². The molecule has 3 nitrogen and oxygen atoms in total. The molecule has 0 amide bonds. The lowest BCUT2D eigenvalue weighted by Crippen LogP contribution is -2.16. The molecule has 0 saturated heterocycles. The first-order valence-corrected chi connectivity index (χ1v) is 22.0. The van der Waals surface area contributed by atoms with Gasteiger partial charge in [-0.3, -0.25) is 0 Å². The first-order chi connectivity index (χ1) is 35.5. The van der Waals surface area contributed by atoms with E-state index in [-0.39, 0.29) is 55.7 Å². The van der Waals surface area contributed by atoms with Crippen LogP contribution in [0.2, 0.25) is 0 Å². The van der Waals surface area contributed by atoms with Crippen molar-refractivity contribution in [1.29, 1.82) is 5.26 Å². The predicted octanol–water partition coefficient (Wildman–Crippen LogP) is 18.9. The van der Waals surface area contributed by atoms with Gasteiger partial charge in [0.15, 0.2) is 0 Å². The number of para-hydroxylation sites is 2. The van der Waals surface area contributed by atoms with Crippen LogP contribution < -0.4 is 0 Å². The Morgan fingerprint density at radius 3 is 1.04 bits per heavy atom. The van der Waals surface area contributed by atoms with E-state index in [1.807, 2.05) is 6.07 Å². The summed E-state index contributed by atoms with van der Waals surface area (Å²) in [7, 11) is 0. The van der Waals surface area contributed by atoms with Crippen LogP contribution in [-0.4, -0.2) is 9.13 Å². The molecule has 76 heavy (non-hydrogen) atoms. The number of benzene rings is 8. The fraction of sp³-hybridized carbons (Fsp3) is 0.109. The third kappa shape index (κ3) is 8.68. The number of hydrogen-bond acceptors (Lipinski definition) is 1. The van der Waals surface area contributed by atoms with Gasteiger partial charge in [0.25, 0.3) is 0 Å². The molecule has 21 heteroatoms. The van der Waals surface area contributed by atoms with Gasteiger partial charge in [0, 0.05) is 32.7 Å². The molecule has 10 rings (SSSR count). The minimum absolute atomic E-state index is 0.0232. The van der Waals surface area contributed by atoms with Gasteiger partial charge < -0.3 is 9.13 Å². The van der Waals surface area contributed by atoms with Gasteiger partial charge in [0.2, 0.25) is 0 Å². The fourth-order valence-electron chi connectivity index (χ4n) is 9.79. The van der Waals surface area contributed by atoms with E-state index in [1.165, 1.54) is 60.7 Å². The van der Waals surface area contributed by atoms with Crippen LogP contribution in [0.4, 0.5) is 79.0 Å². The van der Waals surface area contributed by atoms with Crippen LogP contribution in [0.1, 0.15) is 38.9 Å². The zero-order valence-corrected chi connectivity index (χ0v) is 37.6. The largest absolute Gasteiger partial charge is 0.417 e. The van der Waals surface area contributed by atoms with Crippen molar-refractivity contribution >= 4 is 43.6 Å². The predicted molar refractivity (Wildman–Crippen MR) is 246 cm³/mol. The molecule has 0 N–H and O–H groups in total. The second kappa shape index (κ2) is 17.3. The summed E-state index contributed by atoms with van der Waals surface area (Å²) in [6, 6.07) is 24.6. The summed E-state index contributed by atoms with van der Waals surface area (Å²) >= 11 is 0. The maximum absolute atomic E-state index is 15.6. The Morgan fingerprint density at radius 2 is 0.684 bits per heavy atom. The van der Waals surface area contributed by atoms with Gasteiger partial charge in [-0.15, -0.1) is 0 Å². The van der Waals surface area contributed by atoms with Crippen LogP contribution in [0.5, 0.6) is 0 Å². The number of aromatic nitrogens is 2. The zero-order chi connectivity index (χ0) is 54.8. The monoisotopic (exact) mass is 1070 g/mol. The number of rotatable bonds is 5. The number of nitriles is 1. The van der Waals surface area contributed by atoms with Crippen LogP contribution in [0.15, 0.2) is 152 Å². The average Bonchev–Trinajstić information content (AvgIpc) is 3.92. The molecule has 0 saturated carbocycles. The summed E-state index contributed by atoms with van der Waals surface area (Å²) in [6.07, 6.45) is -32.5. The quantitative estimate of drug-likeness (QED) is 0.158. The molecule has 0 spiro atoms. The molecule has 2 aromatic heterocycles. The fourth-order valence-corrected chi connectivity index (χ4v) is 9.79. The Bertz CT molecular complexity index is 3790. The van der Waals surface area contributed by atoms with Gasteiger partial charge in [-0.25, -0.2) is 0 Å². The highest BCUT2D eigenvalue weighted by atomic mass is 19.4. The number of halogens is 18. The molecule has 10 aromatic rings. The van der Waals surface area contributed by atoms with Crippen LogP contribution in [0.3, 0.4) is 0 Å². The van der Waals surface area contributed by atoms with Crippen molar-refractivity contribution in [2.75, 3.05) is 0 Å². The topological polar surface area (TPSA) is 33.6 Å². The molecule has 0 unspecified atom stereocenters. The zero-order valence-electron chi connectivity index (χ0n) is 37.6. The molecule has 8 aromatic carbocycles. The van der Waals surface area contributed by atoms with Crippen LogP contribution >= 0.6 is 0 Å². The SMILES string of the molecule is N#Cc1cc(-n2c3ccccc3c3ccc(-c4ccc(C(F)(F)F)cc4C(F)(F)F)cc32)c(-c2c(C(F)(F)F)cccc2C(F)(F)F)c(-n2c3ccccc3c3ccc(-c4ccc(C(F)(F)F)cc4C(F)(F)F)cc32)c1. The third-order valence-electron chi connectivity index (χ3n) is 12.9. The van der Waals surface area contributed by atoms with Crippen molar-refractivity contribution in [3.63, 3.8) is 0 Å². The van der Waals surface area contributed by atoms with E-state index >= 15 is 26.3 Å². The molecular weight excluding hydrogens is 1040 g/mol. The molecule has 0 aliphatic heterocycles. The molecule has 0 radical (unpaired) electrons. The molecule has 0 bridgehead atoms. The highest BCUT2D eigenvalue weighted by Crippen LogP contribution is 2.52. The summed E-state index contributed by atoms with van der Waals surface area (Å²) in [6.45, 7) is 0. The van der Waals surface area contributed by atoms with Gasteiger partial charge in [-0.2, -0.15) is 84.3 Å². The number of alkyl halides is 18. The smallest absolute Gasteiger partial charge is 0.308 e. The van der Waals surface area contributed by atoms with Crippen LogP contribution in [0.25, 0.3) is 88.4 Å². The Kier molecular flexibility index (Phi) is 11.6. The van der Waals surface area contributed by atoms with Crippen molar-refractivity contribution in [1.82, 2.24) is 9.13 Å². The molecule has 386 valence electrons. The van der Waals surface area contributed by atoms with Gasteiger partial charge in [-0.1, -0.05) is 78.9 Å². The number of nitrogens with zero attached hydrogens (tertiary/aromatic N) is 3. The molecule has 0 aliphatic rings. The average molecular weight is 1070 g/mol. The molecule has 0 aliphatic carbocycles. The summed E-state index contributed by atoms with van der Waals surface area (Å²) in [5.74, 6) is 0. The van der Waals surface area contributed by atoms with E-state index in [0.29, 0.717) is 42.5 Å². The lowest BCUT2D eigenvalue weighted by atomic mass is 9.89. The Labute approximate surface area is 414 Å². The Morgan fingerprint density at radius 1 is 0.316 bits per heavy atom. The van der Waals surface area contributed by atoms with Gasteiger partial charge in [0.05, 0.1) is 78.5 Å². The second-order valence-electron chi connectivity index (χ2n) is 17.4. The van der Waals surface area contributed by atoms with Crippen molar-refractivity contribution in [3.8, 4) is 50.8 Å². The van der Waals surface area contributed by atoms with Crippen molar-refractivity contribution in [2.24, 2.45) is 0 Å². The highest BCUT2D eigenvalue weighted by Gasteiger charge is 2.44. The highest BCUT2D eigenvalue weighted by molar-refractivity contribution is 6.13. The molecular formula is C55H25F18N3. The van der Waals surface area contributed by atoms with Crippen molar-refractivity contribution in [3.05, 3.63) is 191 Å². The van der Waals surface area contributed by atoms with E-state index in [4.69, 9.17) is 0 Å². The molecule has 0 fully saturated rings. The van der Waals surface area contributed by atoms with Gasteiger partial charge in [0.1, 0.15) is 0 Å². The van der Waals surface area contributed by atoms with E-state index in [0.717, 1.165) is 45.5 Å². The van der Waals surface area contributed by atoms with E-state index in [2.05, 4.69) is 0 Å². The summed E-state index contributed by atoms with van der Waals surface area (Å²) in [5.41, 5.74) is -17.9. The lowest BCUT2D eigenvalue weighted by molar-refractivity contribution is -0.144. The second-order valence-corrected chi connectivity index (χ2v) is 17.4. The molecule has 0 atom stereocenters. The molecule has 2 heterocycles. The van der Waals surface area contributed by atoms with E-state index < -0.39 is 121 Å². The van der Waals surface area contributed by atoms with Gasteiger partial charge in [-0.05, 0) is 95.1 Å². The Hall–Kier alpha value is -8.41. The van der Waals surface area contributed by atoms with Crippen molar-refractivity contribution < 1.29 is 79.0 Å². The Balaban J connectivity index is 1.40. The van der Waals surface area contributed by atoms with Crippen LogP contribution in [-0.2, 0) is 37.1 Å². The van der Waals surface area contributed by atoms with Gasteiger partial charge >= 0.3 is 37.1 Å². The third-order valence-corrected chi connectivity index (χ3v) is 12.9. The minimum atomic E-state index is -5.62. The lowest BCUT2D eigenvalue weighted by Gasteiger charge is -2.25. The van der Waals surface area contributed by atoms with Crippen molar-refractivity contribution in [2.45, 2.75) is 37.1 Å². The first kappa shape index (κ1) is 51.1.